The van der Waals surface area contributed by atoms with Crippen molar-refractivity contribution in [1.82, 2.24) is 9.80 Å². The lowest BCUT2D eigenvalue weighted by atomic mass is 9.95. The lowest BCUT2D eigenvalue weighted by molar-refractivity contribution is -0.134. The summed E-state index contributed by atoms with van der Waals surface area (Å²) in [4.78, 5) is 29.7. The predicted octanol–water partition coefficient (Wildman–Crippen LogP) is 4.71. The van der Waals surface area contributed by atoms with Crippen LogP contribution in [0.15, 0.2) is 76.1 Å². The fourth-order valence-electron chi connectivity index (χ4n) is 4.20. The summed E-state index contributed by atoms with van der Waals surface area (Å²) in [7, 11) is 0. The largest absolute Gasteiger partial charge is 0.482 e. The third-order valence-electron chi connectivity index (χ3n) is 6.16. The van der Waals surface area contributed by atoms with Crippen molar-refractivity contribution in [3.8, 4) is 5.75 Å². The molecular formula is C27H29ClN2O4. The fraction of sp³-hybridized carbons (Fsp3) is 0.333. The van der Waals surface area contributed by atoms with Crippen LogP contribution in [0.25, 0.3) is 0 Å². The van der Waals surface area contributed by atoms with Crippen LogP contribution >= 0.6 is 11.6 Å². The molecule has 1 aliphatic rings. The molecule has 3 aromatic rings. The molecule has 1 aliphatic heterocycles. The fourth-order valence-corrected chi connectivity index (χ4v) is 4.39. The number of hydrogen-bond donors (Lipinski definition) is 0. The van der Waals surface area contributed by atoms with Crippen molar-refractivity contribution < 1.29 is 13.9 Å². The summed E-state index contributed by atoms with van der Waals surface area (Å²) >= 11 is 6.14. The molecule has 1 fully saturated rings. The summed E-state index contributed by atoms with van der Waals surface area (Å²) in [6, 6.07) is 18.8. The Morgan fingerprint density at radius 2 is 1.76 bits per heavy atom. The van der Waals surface area contributed by atoms with Gasteiger partial charge in [-0.25, -0.2) is 0 Å². The summed E-state index contributed by atoms with van der Waals surface area (Å²) < 4.78 is 11.3. The Morgan fingerprint density at radius 3 is 2.44 bits per heavy atom. The Bertz CT molecular complexity index is 1160. The standard InChI is InChI=1S/C27H29ClN2O4/c1-2-23(20-8-4-3-5-9-20)27(32)30-14-12-29(13-15-30)17-22-16-25(31)26(19-33-22)34-18-21-10-6-7-11-24(21)28/h3-11,16,19,23H,2,12-15,17-18H2,1H3. The van der Waals surface area contributed by atoms with E-state index in [1.807, 2.05) is 53.4 Å². The Hall–Kier alpha value is -3.09. The van der Waals surface area contributed by atoms with Crippen LogP contribution in [0.5, 0.6) is 5.75 Å². The van der Waals surface area contributed by atoms with Crippen molar-refractivity contribution in [3.05, 3.63) is 99.1 Å². The number of rotatable bonds is 8. The number of benzene rings is 2. The zero-order valence-corrected chi connectivity index (χ0v) is 20.0. The highest BCUT2D eigenvalue weighted by Gasteiger charge is 2.27. The molecule has 1 saturated heterocycles. The number of nitrogens with zero attached hydrogens (tertiary/aromatic N) is 2. The second-order valence-electron chi connectivity index (χ2n) is 8.43. The number of ether oxygens (including phenoxy) is 1. The Balaban J connectivity index is 1.30. The zero-order chi connectivity index (χ0) is 23.9. The third-order valence-corrected chi connectivity index (χ3v) is 6.53. The molecular weight excluding hydrogens is 452 g/mol. The molecule has 2 heterocycles. The van der Waals surface area contributed by atoms with Crippen LogP contribution in [0.4, 0.5) is 0 Å². The van der Waals surface area contributed by atoms with Gasteiger partial charge < -0.3 is 14.1 Å². The lowest BCUT2D eigenvalue weighted by Crippen LogP contribution is -2.49. The second kappa shape index (κ2) is 11.4. The highest BCUT2D eigenvalue weighted by Crippen LogP contribution is 2.23. The smallest absolute Gasteiger partial charge is 0.230 e. The van der Waals surface area contributed by atoms with Gasteiger partial charge in [0.05, 0.1) is 12.5 Å². The molecule has 0 radical (unpaired) electrons. The van der Waals surface area contributed by atoms with E-state index >= 15 is 0 Å². The number of carbonyl (C=O) groups is 1. The van der Waals surface area contributed by atoms with Gasteiger partial charge in [0.2, 0.25) is 17.1 Å². The summed E-state index contributed by atoms with van der Waals surface area (Å²) in [5.41, 5.74) is 1.64. The molecule has 2 aromatic carbocycles. The maximum atomic E-state index is 13.1. The van der Waals surface area contributed by atoms with Gasteiger partial charge in [-0.15, -0.1) is 0 Å². The number of piperazine rings is 1. The van der Waals surface area contributed by atoms with E-state index in [4.69, 9.17) is 20.8 Å². The minimum atomic E-state index is -0.226. The molecule has 4 rings (SSSR count). The molecule has 6 nitrogen and oxygen atoms in total. The van der Waals surface area contributed by atoms with E-state index < -0.39 is 0 Å². The summed E-state index contributed by atoms with van der Waals surface area (Å²) in [5, 5.41) is 0.593. The van der Waals surface area contributed by atoms with Crippen LogP contribution < -0.4 is 10.2 Å². The van der Waals surface area contributed by atoms with Gasteiger partial charge in [0, 0.05) is 42.8 Å². The lowest BCUT2D eigenvalue weighted by Gasteiger charge is -2.36. The molecule has 178 valence electrons. The van der Waals surface area contributed by atoms with Crippen LogP contribution in [0.3, 0.4) is 0 Å². The topological polar surface area (TPSA) is 63.0 Å². The van der Waals surface area contributed by atoms with Gasteiger partial charge in [-0.3, -0.25) is 14.5 Å². The van der Waals surface area contributed by atoms with Crippen molar-refractivity contribution in [2.75, 3.05) is 26.2 Å². The van der Waals surface area contributed by atoms with Gasteiger partial charge in [0.25, 0.3) is 0 Å². The van der Waals surface area contributed by atoms with Gasteiger partial charge in [0.15, 0.2) is 0 Å². The van der Waals surface area contributed by atoms with Gasteiger partial charge >= 0.3 is 0 Å². The van der Waals surface area contributed by atoms with Crippen molar-refractivity contribution in [2.45, 2.75) is 32.4 Å². The first-order valence-corrected chi connectivity index (χ1v) is 12.0. The van der Waals surface area contributed by atoms with E-state index in [1.165, 1.54) is 12.3 Å². The molecule has 0 aliphatic carbocycles. The van der Waals surface area contributed by atoms with Crippen LogP contribution in [-0.2, 0) is 17.9 Å². The van der Waals surface area contributed by atoms with Crippen molar-refractivity contribution >= 4 is 17.5 Å². The SMILES string of the molecule is CCC(C(=O)N1CCN(Cc2cc(=O)c(OCc3ccccc3Cl)co2)CC1)c1ccccc1. The average molecular weight is 481 g/mol. The Labute approximate surface area is 204 Å². The number of amides is 1. The van der Waals surface area contributed by atoms with E-state index in [1.54, 1.807) is 6.07 Å². The highest BCUT2D eigenvalue weighted by molar-refractivity contribution is 6.31. The second-order valence-corrected chi connectivity index (χ2v) is 8.84. The molecule has 7 heteroatoms. The average Bonchev–Trinajstić information content (AvgIpc) is 2.86. The Morgan fingerprint density at radius 1 is 1.06 bits per heavy atom. The van der Waals surface area contributed by atoms with E-state index in [0.29, 0.717) is 30.4 Å². The third kappa shape index (κ3) is 5.88. The van der Waals surface area contributed by atoms with Gasteiger partial charge in [0.1, 0.15) is 18.6 Å². The number of hydrogen-bond acceptors (Lipinski definition) is 5. The molecule has 1 aromatic heterocycles. The van der Waals surface area contributed by atoms with Crippen molar-refractivity contribution in [1.29, 1.82) is 0 Å². The quantitative estimate of drug-likeness (QED) is 0.467. The van der Waals surface area contributed by atoms with Crippen LogP contribution in [0, 0.1) is 0 Å². The van der Waals surface area contributed by atoms with Crippen LogP contribution in [0.2, 0.25) is 5.02 Å². The first-order valence-electron chi connectivity index (χ1n) is 11.6. The van der Waals surface area contributed by atoms with E-state index in [-0.39, 0.29) is 29.6 Å². The molecule has 1 amide bonds. The zero-order valence-electron chi connectivity index (χ0n) is 19.3. The van der Waals surface area contributed by atoms with Gasteiger partial charge in [-0.1, -0.05) is 67.1 Å². The molecule has 0 spiro atoms. The minimum Gasteiger partial charge on any atom is -0.482 e. The maximum absolute atomic E-state index is 13.1. The van der Waals surface area contributed by atoms with E-state index in [2.05, 4.69) is 11.8 Å². The van der Waals surface area contributed by atoms with E-state index in [0.717, 1.165) is 30.6 Å². The van der Waals surface area contributed by atoms with Crippen LogP contribution in [-0.4, -0.2) is 41.9 Å². The molecule has 0 saturated carbocycles. The van der Waals surface area contributed by atoms with Crippen LogP contribution in [0.1, 0.15) is 36.1 Å². The molecule has 1 atom stereocenters. The number of carbonyl (C=O) groups excluding carboxylic acids is 1. The summed E-state index contributed by atoms with van der Waals surface area (Å²) in [6.45, 7) is 5.53. The summed E-state index contributed by atoms with van der Waals surface area (Å²) in [6.07, 6.45) is 2.14. The molecule has 1 unspecified atom stereocenters. The van der Waals surface area contributed by atoms with E-state index in [9.17, 15) is 9.59 Å². The first kappa shape index (κ1) is 24.0. The monoisotopic (exact) mass is 480 g/mol. The molecule has 0 N–H and O–H groups in total. The van der Waals surface area contributed by atoms with Crippen molar-refractivity contribution in [2.24, 2.45) is 0 Å². The first-order chi connectivity index (χ1) is 16.5. The number of halogens is 1. The highest BCUT2D eigenvalue weighted by atomic mass is 35.5. The maximum Gasteiger partial charge on any atom is 0.230 e. The Kier molecular flexibility index (Phi) is 8.03. The minimum absolute atomic E-state index is 0.107. The summed E-state index contributed by atoms with van der Waals surface area (Å²) in [5.74, 6) is 0.806. The van der Waals surface area contributed by atoms with Crippen molar-refractivity contribution in [3.63, 3.8) is 0 Å². The normalized spacial score (nSPS) is 15.2. The molecule has 34 heavy (non-hydrogen) atoms. The predicted molar refractivity (Wildman–Crippen MR) is 132 cm³/mol. The van der Waals surface area contributed by atoms with Gasteiger partial charge in [-0.05, 0) is 18.1 Å². The van der Waals surface area contributed by atoms with Gasteiger partial charge in [-0.2, -0.15) is 0 Å². The molecule has 0 bridgehead atoms.